The quantitative estimate of drug-likeness (QED) is 0.780. The Morgan fingerprint density at radius 3 is 2.56 bits per heavy atom. The predicted molar refractivity (Wildman–Crippen MR) is 78.9 cm³/mol. The maximum absolute atomic E-state index is 3.80. The molecule has 2 rings (SSSR count). The molecule has 2 saturated carbocycles. The number of nitrogens with zero attached hydrogens (tertiary/aromatic N) is 1. The molecule has 0 aliphatic heterocycles. The van der Waals surface area contributed by atoms with Gasteiger partial charge in [0.15, 0.2) is 0 Å². The predicted octanol–water partition coefficient (Wildman–Crippen LogP) is 3.28. The number of hydrogen-bond donors (Lipinski definition) is 1. The summed E-state index contributed by atoms with van der Waals surface area (Å²) >= 11 is 0. The van der Waals surface area contributed by atoms with Gasteiger partial charge in [0.1, 0.15) is 0 Å². The van der Waals surface area contributed by atoms with Gasteiger partial charge in [-0.25, -0.2) is 0 Å². The van der Waals surface area contributed by atoms with E-state index in [4.69, 9.17) is 0 Å². The minimum absolute atomic E-state index is 0.555. The summed E-state index contributed by atoms with van der Waals surface area (Å²) in [5.74, 6) is 0.853. The topological polar surface area (TPSA) is 15.3 Å². The molecule has 2 aliphatic carbocycles. The van der Waals surface area contributed by atoms with Crippen LogP contribution in [0.25, 0.3) is 0 Å². The molecular weight excluding hydrogens is 220 g/mol. The first-order chi connectivity index (χ1) is 8.52. The summed E-state index contributed by atoms with van der Waals surface area (Å²) in [4.78, 5) is 2.62. The van der Waals surface area contributed by atoms with Crippen molar-refractivity contribution in [3.8, 4) is 0 Å². The van der Waals surface area contributed by atoms with Gasteiger partial charge < -0.3 is 10.2 Å². The van der Waals surface area contributed by atoms with E-state index in [2.05, 4.69) is 38.0 Å². The van der Waals surface area contributed by atoms with Crippen LogP contribution in [0.3, 0.4) is 0 Å². The molecule has 2 atom stereocenters. The van der Waals surface area contributed by atoms with Crippen molar-refractivity contribution < 1.29 is 0 Å². The first-order valence-electron chi connectivity index (χ1n) is 7.95. The second kappa shape index (κ2) is 5.92. The summed E-state index contributed by atoms with van der Waals surface area (Å²) in [6.45, 7) is 9.66. The Morgan fingerprint density at radius 2 is 1.94 bits per heavy atom. The molecular formula is C16H32N2. The van der Waals surface area contributed by atoms with E-state index in [-0.39, 0.29) is 0 Å². The monoisotopic (exact) mass is 252 g/mol. The summed E-state index contributed by atoms with van der Waals surface area (Å²) in [5.41, 5.74) is 0.555. The second-order valence-corrected chi connectivity index (χ2v) is 7.40. The van der Waals surface area contributed by atoms with Gasteiger partial charge in [0.25, 0.3) is 0 Å². The van der Waals surface area contributed by atoms with Crippen LogP contribution in [0.5, 0.6) is 0 Å². The van der Waals surface area contributed by atoms with Crippen molar-refractivity contribution in [3.63, 3.8) is 0 Å². The van der Waals surface area contributed by atoms with Crippen molar-refractivity contribution in [1.29, 1.82) is 0 Å². The highest BCUT2D eigenvalue weighted by Gasteiger charge is 2.37. The van der Waals surface area contributed by atoms with Crippen molar-refractivity contribution in [3.05, 3.63) is 0 Å². The molecule has 0 spiro atoms. The van der Waals surface area contributed by atoms with Gasteiger partial charge in [-0.1, -0.05) is 20.8 Å². The zero-order valence-electron chi connectivity index (χ0n) is 12.8. The summed E-state index contributed by atoms with van der Waals surface area (Å²) in [7, 11) is 2.33. The third kappa shape index (κ3) is 3.96. The zero-order chi connectivity index (χ0) is 13.2. The lowest BCUT2D eigenvalue weighted by Gasteiger charge is -2.42. The molecule has 2 heteroatoms. The molecule has 0 radical (unpaired) electrons. The van der Waals surface area contributed by atoms with Crippen molar-refractivity contribution in [2.75, 3.05) is 20.1 Å². The van der Waals surface area contributed by atoms with Crippen molar-refractivity contribution >= 4 is 0 Å². The van der Waals surface area contributed by atoms with Gasteiger partial charge in [0.2, 0.25) is 0 Å². The lowest BCUT2D eigenvalue weighted by molar-refractivity contribution is 0.106. The Kier molecular flexibility index (Phi) is 4.71. The number of hydrogen-bond acceptors (Lipinski definition) is 2. The molecule has 0 aromatic rings. The Morgan fingerprint density at radius 1 is 1.22 bits per heavy atom. The Hall–Kier alpha value is -0.0800. The van der Waals surface area contributed by atoms with Crippen LogP contribution >= 0.6 is 0 Å². The molecule has 0 heterocycles. The molecule has 2 nitrogen and oxygen atoms in total. The summed E-state index contributed by atoms with van der Waals surface area (Å²) < 4.78 is 0. The van der Waals surface area contributed by atoms with Gasteiger partial charge in [-0.2, -0.15) is 0 Å². The zero-order valence-corrected chi connectivity index (χ0v) is 12.8. The van der Waals surface area contributed by atoms with E-state index in [0.717, 1.165) is 18.0 Å². The summed E-state index contributed by atoms with van der Waals surface area (Å²) in [5, 5.41) is 3.80. The average molecular weight is 252 g/mol. The van der Waals surface area contributed by atoms with Crippen molar-refractivity contribution in [2.24, 2.45) is 11.3 Å². The molecule has 0 saturated heterocycles. The molecule has 18 heavy (non-hydrogen) atoms. The van der Waals surface area contributed by atoms with Gasteiger partial charge in [-0.3, -0.25) is 0 Å². The van der Waals surface area contributed by atoms with Crippen LogP contribution in [0.2, 0.25) is 0 Å². The largest absolute Gasteiger partial charge is 0.314 e. The molecule has 0 aromatic heterocycles. The molecule has 0 amide bonds. The maximum Gasteiger partial charge on any atom is 0.0108 e. The molecule has 0 aromatic carbocycles. The minimum atomic E-state index is 0.555. The van der Waals surface area contributed by atoms with E-state index >= 15 is 0 Å². The third-order valence-corrected chi connectivity index (χ3v) is 4.87. The van der Waals surface area contributed by atoms with Crippen LogP contribution in [0.4, 0.5) is 0 Å². The molecule has 2 aliphatic rings. The van der Waals surface area contributed by atoms with Gasteiger partial charge in [-0.15, -0.1) is 0 Å². The maximum atomic E-state index is 3.80. The fraction of sp³-hybridized carbons (Fsp3) is 1.00. The summed E-state index contributed by atoms with van der Waals surface area (Å²) in [6.07, 6.45) is 8.27. The van der Waals surface area contributed by atoms with Crippen LogP contribution in [-0.4, -0.2) is 37.1 Å². The SMILES string of the molecule is CCCNC1CCC(C)(C)CC1CN(C)C1CC1. The first-order valence-corrected chi connectivity index (χ1v) is 7.95. The minimum Gasteiger partial charge on any atom is -0.314 e. The van der Waals surface area contributed by atoms with E-state index in [1.807, 2.05) is 0 Å². The average Bonchev–Trinajstić information content (AvgIpc) is 3.11. The van der Waals surface area contributed by atoms with Crippen LogP contribution in [0.15, 0.2) is 0 Å². The third-order valence-electron chi connectivity index (χ3n) is 4.87. The highest BCUT2D eigenvalue weighted by atomic mass is 15.2. The highest BCUT2D eigenvalue weighted by Crippen LogP contribution is 2.40. The molecule has 2 fully saturated rings. The fourth-order valence-corrected chi connectivity index (χ4v) is 3.56. The fourth-order valence-electron chi connectivity index (χ4n) is 3.56. The Balaban J connectivity index is 1.90. The smallest absolute Gasteiger partial charge is 0.0108 e. The Labute approximate surface area is 114 Å². The lowest BCUT2D eigenvalue weighted by atomic mass is 9.69. The van der Waals surface area contributed by atoms with Crippen LogP contribution in [0.1, 0.15) is 59.3 Å². The van der Waals surface area contributed by atoms with Gasteiger partial charge in [0, 0.05) is 18.6 Å². The standard InChI is InChI=1S/C16H32N2/c1-5-10-17-15-8-9-16(2,3)11-13(15)12-18(4)14-6-7-14/h13-15,17H,5-12H2,1-4H3. The number of rotatable bonds is 6. The van der Waals surface area contributed by atoms with Crippen molar-refractivity contribution in [2.45, 2.75) is 71.4 Å². The highest BCUT2D eigenvalue weighted by molar-refractivity contribution is 4.92. The van der Waals surface area contributed by atoms with E-state index in [1.165, 1.54) is 51.6 Å². The summed E-state index contributed by atoms with van der Waals surface area (Å²) in [6, 6.07) is 1.67. The molecule has 2 unspecified atom stereocenters. The normalized spacial score (nSPS) is 31.8. The molecule has 1 N–H and O–H groups in total. The van der Waals surface area contributed by atoms with Gasteiger partial charge >= 0.3 is 0 Å². The lowest BCUT2D eigenvalue weighted by Crippen LogP contribution is -2.47. The van der Waals surface area contributed by atoms with E-state index in [1.54, 1.807) is 0 Å². The first kappa shape index (κ1) is 14.3. The molecule has 0 bridgehead atoms. The second-order valence-electron chi connectivity index (χ2n) is 7.40. The van der Waals surface area contributed by atoms with Crippen LogP contribution < -0.4 is 5.32 Å². The Bertz CT molecular complexity index is 258. The van der Waals surface area contributed by atoms with E-state index in [0.29, 0.717) is 5.41 Å². The van der Waals surface area contributed by atoms with Crippen molar-refractivity contribution in [1.82, 2.24) is 10.2 Å². The van der Waals surface area contributed by atoms with Crippen LogP contribution in [0, 0.1) is 11.3 Å². The molecule has 106 valence electrons. The van der Waals surface area contributed by atoms with Gasteiger partial charge in [0.05, 0.1) is 0 Å². The van der Waals surface area contributed by atoms with Crippen LogP contribution in [-0.2, 0) is 0 Å². The van der Waals surface area contributed by atoms with E-state index in [9.17, 15) is 0 Å². The number of nitrogens with one attached hydrogen (secondary N) is 1. The van der Waals surface area contributed by atoms with Gasteiger partial charge in [-0.05, 0) is 63.5 Å². The van der Waals surface area contributed by atoms with E-state index < -0.39 is 0 Å².